The molecule has 0 aliphatic heterocycles. The lowest BCUT2D eigenvalue weighted by Crippen LogP contribution is -2.29. The molecule has 0 radical (unpaired) electrons. The van der Waals surface area contributed by atoms with Crippen LogP contribution in [-0.2, 0) is 0 Å². The summed E-state index contributed by atoms with van der Waals surface area (Å²) in [6.45, 7) is 8.59. The van der Waals surface area contributed by atoms with Crippen LogP contribution in [0.1, 0.15) is 26.3 Å². The molecule has 0 bridgehead atoms. The van der Waals surface area contributed by atoms with Gasteiger partial charge in [0, 0.05) is 10.4 Å². The maximum atomic E-state index is 3.37. The van der Waals surface area contributed by atoms with E-state index in [0.29, 0.717) is 0 Å². The molecule has 0 spiro atoms. The highest BCUT2D eigenvalue weighted by Gasteiger charge is 2.08. The van der Waals surface area contributed by atoms with E-state index >= 15 is 0 Å². The molecule has 0 aliphatic rings. The average Bonchev–Trinajstić information content (AvgIpc) is 2.02. The van der Waals surface area contributed by atoms with E-state index in [1.54, 1.807) is 11.9 Å². The first-order chi connectivity index (χ1) is 5.97. The number of hydrogen-bond donors (Lipinski definition) is 1. The molecule has 1 rings (SSSR count). The molecule has 0 saturated carbocycles. The van der Waals surface area contributed by atoms with Gasteiger partial charge in [-0.15, -0.1) is 0 Å². The molecular weight excluding hydrogens is 178 g/mol. The monoisotopic (exact) mass is 195 g/mol. The molecular formula is C11H17NS. The lowest BCUT2D eigenvalue weighted by Gasteiger charge is -2.19. The number of rotatable bonds is 2. The average molecular weight is 195 g/mol. The Labute approximate surface area is 85.1 Å². The first kappa shape index (κ1) is 10.6. The standard InChI is InChI=1S/C11H17NS/c1-9-5-7-10(8-6-9)13-12-11(2,3)4/h5-8,12H,1-4H3. The van der Waals surface area contributed by atoms with Crippen LogP contribution < -0.4 is 4.72 Å². The van der Waals surface area contributed by atoms with Gasteiger partial charge in [-0.3, -0.25) is 4.72 Å². The second-order valence-corrected chi connectivity index (χ2v) is 5.15. The molecule has 0 atom stereocenters. The van der Waals surface area contributed by atoms with Gasteiger partial charge in [0.1, 0.15) is 0 Å². The van der Waals surface area contributed by atoms with Crippen molar-refractivity contribution >= 4 is 11.9 Å². The van der Waals surface area contributed by atoms with Crippen molar-refractivity contribution in [1.82, 2.24) is 4.72 Å². The molecule has 0 amide bonds. The smallest absolute Gasteiger partial charge is 0.0228 e. The Morgan fingerprint density at radius 3 is 2.08 bits per heavy atom. The zero-order chi connectivity index (χ0) is 9.90. The van der Waals surface area contributed by atoms with Crippen molar-refractivity contribution in [2.45, 2.75) is 38.1 Å². The predicted molar refractivity (Wildman–Crippen MR) is 59.9 cm³/mol. The highest BCUT2D eigenvalue weighted by atomic mass is 32.2. The van der Waals surface area contributed by atoms with Gasteiger partial charge in [0.15, 0.2) is 0 Å². The molecule has 1 aromatic carbocycles. The van der Waals surface area contributed by atoms with E-state index in [0.717, 1.165) is 0 Å². The van der Waals surface area contributed by atoms with E-state index in [4.69, 9.17) is 0 Å². The second-order valence-electron chi connectivity index (χ2n) is 4.27. The third kappa shape index (κ3) is 4.34. The molecule has 13 heavy (non-hydrogen) atoms. The summed E-state index contributed by atoms with van der Waals surface area (Å²) in [5.41, 5.74) is 1.47. The molecule has 1 nitrogen and oxygen atoms in total. The molecule has 0 aromatic heterocycles. The summed E-state index contributed by atoms with van der Waals surface area (Å²) in [4.78, 5) is 1.26. The van der Waals surface area contributed by atoms with Gasteiger partial charge in [0.2, 0.25) is 0 Å². The van der Waals surface area contributed by atoms with E-state index in [1.807, 2.05) is 0 Å². The van der Waals surface area contributed by atoms with Crippen LogP contribution in [0, 0.1) is 6.92 Å². The van der Waals surface area contributed by atoms with Crippen LogP contribution in [-0.4, -0.2) is 5.54 Å². The summed E-state index contributed by atoms with van der Waals surface area (Å²) in [5, 5.41) is 0. The SMILES string of the molecule is Cc1ccc(SNC(C)(C)C)cc1. The topological polar surface area (TPSA) is 12.0 Å². The lowest BCUT2D eigenvalue weighted by atomic mass is 10.1. The summed E-state index contributed by atoms with van der Waals surface area (Å²) in [5.74, 6) is 0. The van der Waals surface area contributed by atoms with Gasteiger partial charge < -0.3 is 0 Å². The minimum Gasteiger partial charge on any atom is -0.255 e. The van der Waals surface area contributed by atoms with Crippen LogP contribution >= 0.6 is 11.9 Å². The van der Waals surface area contributed by atoms with Crippen molar-refractivity contribution in [2.75, 3.05) is 0 Å². The van der Waals surface area contributed by atoms with Crippen LogP contribution in [0.15, 0.2) is 29.2 Å². The summed E-state index contributed by atoms with van der Waals surface area (Å²) in [7, 11) is 0. The molecule has 0 heterocycles. The Bertz CT molecular complexity index is 258. The Morgan fingerprint density at radius 1 is 1.08 bits per heavy atom. The van der Waals surface area contributed by atoms with E-state index < -0.39 is 0 Å². The minimum atomic E-state index is 0.162. The first-order valence-corrected chi connectivity index (χ1v) is 5.30. The molecule has 2 heteroatoms. The highest BCUT2D eigenvalue weighted by molar-refractivity contribution is 7.97. The van der Waals surface area contributed by atoms with Gasteiger partial charge in [-0.25, -0.2) is 0 Å². The molecule has 0 fully saturated rings. The Kier molecular flexibility index (Phi) is 3.40. The van der Waals surface area contributed by atoms with Gasteiger partial charge in [-0.05, 0) is 51.8 Å². The molecule has 0 saturated heterocycles. The van der Waals surface area contributed by atoms with Crippen LogP contribution in [0.4, 0.5) is 0 Å². The third-order valence-corrected chi connectivity index (χ3v) is 2.72. The van der Waals surface area contributed by atoms with E-state index in [9.17, 15) is 0 Å². The van der Waals surface area contributed by atoms with E-state index in [-0.39, 0.29) is 5.54 Å². The van der Waals surface area contributed by atoms with Crippen LogP contribution in [0.25, 0.3) is 0 Å². The second kappa shape index (κ2) is 4.16. The van der Waals surface area contributed by atoms with E-state index in [1.165, 1.54) is 10.5 Å². The number of aryl methyl sites for hydroxylation is 1. The van der Waals surface area contributed by atoms with Crippen molar-refractivity contribution in [3.05, 3.63) is 29.8 Å². The maximum absolute atomic E-state index is 3.37. The Balaban J connectivity index is 2.51. The number of hydrogen-bond acceptors (Lipinski definition) is 2. The summed E-state index contributed by atoms with van der Waals surface area (Å²) < 4.78 is 3.37. The fourth-order valence-electron chi connectivity index (χ4n) is 0.818. The highest BCUT2D eigenvalue weighted by Crippen LogP contribution is 2.18. The fraction of sp³-hybridized carbons (Fsp3) is 0.455. The molecule has 1 aromatic rings. The van der Waals surface area contributed by atoms with Crippen molar-refractivity contribution < 1.29 is 0 Å². The Hall–Kier alpha value is -0.470. The van der Waals surface area contributed by atoms with Crippen molar-refractivity contribution in [2.24, 2.45) is 0 Å². The fourth-order valence-corrected chi connectivity index (χ4v) is 1.51. The van der Waals surface area contributed by atoms with Crippen molar-refractivity contribution in [3.63, 3.8) is 0 Å². The Morgan fingerprint density at radius 2 is 1.62 bits per heavy atom. The van der Waals surface area contributed by atoms with Crippen molar-refractivity contribution in [1.29, 1.82) is 0 Å². The van der Waals surface area contributed by atoms with Gasteiger partial charge in [-0.1, -0.05) is 17.7 Å². The van der Waals surface area contributed by atoms with Crippen molar-refractivity contribution in [3.8, 4) is 0 Å². The quantitative estimate of drug-likeness (QED) is 0.726. The molecule has 1 N–H and O–H groups in total. The summed E-state index contributed by atoms with van der Waals surface area (Å²) >= 11 is 1.69. The maximum Gasteiger partial charge on any atom is 0.0228 e. The number of benzene rings is 1. The molecule has 0 unspecified atom stereocenters. The molecule has 72 valence electrons. The van der Waals surface area contributed by atoms with Crippen LogP contribution in [0.2, 0.25) is 0 Å². The lowest BCUT2D eigenvalue weighted by molar-refractivity contribution is 0.535. The first-order valence-electron chi connectivity index (χ1n) is 4.48. The zero-order valence-corrected chi connectivity index (χ0v) is 9.53. The van der Waals surface area contributed by atoms with Crippen LogP contribution in [0.5, 0.6) is 0 Å². The summed E-state index contributed by atoms with van der Waals surface area (Å²) in [6.07, 6.45) is 0. The molecule has 0 aliphatic carbocycles. The van der Waals surface area contributed by atoms with Crippen LogP contribution in [0.3, 0.4) is 0 Å². The van der Waals surface area contributed by atoms with Gasteiger partial charge in [0.25, 0.3) is 0 Å². The summed E-state index contributed by atoms with van der Waals surface area (Å²) in [6, 6.07) is 8.54. The van der Waals surface area contributed by atoms with Gasteiger partial charge in [-0.2, -0.15) is 0 Å². The normalized spacial score (nSPS) is 11.7. The largest absolute Gasteiger partial charge is 0.255 e. The third-order valence-electron chi connectivity index (χ3n) is 1.50. The minimum absolute atomic E-state index is 0.162. The number of nitrogens with one attached hydrogen (secondary N) is 1. The predicted octanol–water partition coefficient (Wildman–Crippen LogP) is 3.39. The zero-order valence-electron chi connectivity index (χ0n) is 8.72. The van der Waals surface area contributed by atoms with Gasteiger partial charge in [0.05, 0.1) is 0 Å². The van der Waals surface area contributed by atoms with E-state index in [2.05, 4.69) is 56.7 Å². The van der Waals surface area contributed by atoms with Gasteiger partial charge >= 0.3 is 0 Å².